The van der Waals surface area contributed by atoms with Gasteiger partial charge in [0.25, 0.3) is 0 Å². The van der Waals surface area contributed by atoms with E-state index in [1.807, 2.05) is 0 Å². The first-order valence-electron chi connectivity index (χ1n) is 4.34. The molecule has 0 amide bonds. The molecule has 15 heavy (non-hydrogen) atoms. The summed E-state index contributed by atoms with van der Waals surface area (Å²) in [6.07, 6.45) is 4.55. The molecule has 0 unspecified atom stereocenters. The molecule has 0 aliphatic rings. The third-order valence-electron chi connectivity index (χ3n) is 2.13. The predicted octanol–water partition coefficient (Wildman–Crippen LogP) is 1.20. The number of aliphatic hydroxyl groups excluding tert-OH is 1. The molecule has 2 aromatic rings. The van der Waals surface area contributed by atoms with Gasteiger partial charge in [0.1, 0.15) is 11.8 Å². The summed E-state index contributed by atoms with van der Waals surface area (Å²) < 4.78 is 1.70. The van der Waals surface area contributed by atoms with Gasteiger partial charge in [-0.2, -0.15) is 0 Å². The quantitative estimate of drug-likeness (QED) is 0.629. The van der Waals surface area contributed by atoms with Crippen molar-refractivity contribution in [2.45, 2.75) is 6.04 Å². The van der Waals surface area contributed by atoms with E-state index in [-0.39, 0.29) is 12.6 Å². The maximum Gasteiger partial charge on any atom is 0.165 e. The Morgan fingerprint density at radius 2 is 2.33 bits per heavy atom. The Kier molecular flexibility index (Phi) is 2.66. The van der Waals surface area contributed by atoms with E-state index in [1.54, 1.807) is 17.0 Å². The summed E-state index contributed by atoms with van der Waals surface area (Å²) in [5, 5.41) is 9.44. The number of rotatable bonds is 3. The maximum absolute atomic E-state index is 9.13. The first kappa shape index (κ1) is 10.1. The average molecular weight is 225 g/mol. The molecule has 0 radical (unpaired) electrons. The van der Waals surface area contributed by atoms with Crippen molar-refractivity contribution in [2.75, 3.05) is 6.61 Å². The minimum Gasteiger partial charge on any atom is -0.394 e. The topological polar surface area (TPSA) is 63.8 Å². The van der Waals surface area contributed by atoms with Crippen LogP contribution < -0.4 is 0 Å². The van der Waals surface area contributed by atoms with Gasteiger partial charge in [0, 0.05) is 0 Å². The molecule has 0 fully saturated rings. The van der Waals surface area contributed by atoms with Crippen LogP contribution in [0.2, 0.25) is 5.15 Å². The lowest BCUT2D eigenvalue weighted by Gasteiger charge is -2.10. The molecule has 0 saturated heterocycles. The molecule has 0 aromatic carbocycles. The average Bonchev–Trinajstić information content (AvgIpc) is 2.66. The first-order valence-corrected chi connectivity index (χ1v) is 4.72. The fraction of sp³-hybridized carbons (Fsp3) is 0.222. The number of hydrogen-bond donors (Lipinski definition) is 1. The van der Waals surface area contributed by atoms with Crippen LogP contribution in [-0.2, 0) is 0 Å². The summed E-state index contributed by atoms with van der Waals surface area (Å²) in [5.74, 6) is 0. The van der Waals surface area contributed by atoms with E-state index in [0.29, 0.717) is 16.3 Å². The Morgan fingerprint density at radius 3 is 3.00 bits per heavy atom. The van der Waals surface area contributed by atoms with Crippen LogP contribution in [0.4, 0.5) is 0 Å². The van der Waals surface area contributed by atoms with E-state index in [2.05, 4.69) is 21.5 Å². The van der Waals surface area contributed by atoms with Gasteiger partial charge in [0.15, 0.2) is 10.8 Å². The molecule has 0 spiro atoms. The van der Waals surface area contributed by atoms with Crippen LogP contribution in [0.3, 0.4) is 0 Å². The number of hydrogen-bond acceptors (Lipinski definition) is 4. The first-order chi connectivity index (χ1) is 7.27. The normalized spacial score (nSPS) is 12.9. The molecule has 0 bridgehead atoms. The van der Waals surface area contributed by atoms with E-state index < -0.39 is 0 Å². The molecule has 0 saturated carbocycles. The van der Waals surface area contributed by atoms with Crippen molar-refractivity contribution in [1.29, 1.82) is 0 Å². The fourth-order valence-corrected chi connectivity index (χ4v) is 1.52. The minimum absolute atomic E-state index is 0.0589. The van der Waals surface area contributed by atoms with Gasteiger partial charge in [0.05, 0.1) is 19.0 Å². The van der Waals surface area contributed by atoms with Crippen LogP contribution in [0.25, 0.3) is 11.2 Å². The lowest BCUT2D eigenvalue weighted by Crippen LogP contribution is -2.09. The van der Waals surface area contributed by atoms with Crippen molar-refractivity contribution >= 4 is 22.8 Å². The van der Waals surface area contributed by atoms with Crippen LogP contribution in [0, 0.1) is 0 Å². The van der Waals surface area contributed by atoms with Crippen molar-refractivity contribution in [2.24, 2.45) is 0 Å². The zero-order valence-corrected chi connectivity index (χ0v) is 8.59. The fourth-order valence-electron chi connectivity index (χ4n) is 1.34. The Labute approximate surface area is 91.1 Å². The molecule has 5 nitrogen and oxygen atoms in total. The summed E-state index contributed by atoms with van der Waals surface area (Å²) in [4.78, 5) is 12.0. The molecule has 2 rings (SSSR count). The van der Waals surface area contributed by atoms with E-state index in [9.17, 15) is 0 Å². The third-order valence-corrected chi connectivity index (χ3v) is 2.41. The van der Waals surface area contributed by atoms with Gasteiger partial charge >= 0.3 is 0 Å². The lowest BCUT2D eigenvalue weighted by molar-refractivity contribution is 0.255. The molecule has 0 aliphatic carbocycles. The highest BCUT2D eigenvalue weighted by Gasteiger charge is 2.12. The molecule has 0 aliphatic heterocycles. The second-order valence-corrected chi connectivity index (χ2v) is 3.33. The molecular formula is C9H9ClN4O. The largest absolute Gasteiger partial charge is 0.394 e. The van der Waals surface area contributed by atoms with Crippen LogP contribution in [-0.4, -0.2) is 31.2 Å². The molecule has 2 aromatic heterocycles. The van der Waals surface area contributed by atoms with Crippen LogP contribution in [0.1, 0.15) is 6.04 Å². The summed E-state index contributed by atoms with van der Waals surface area (Å²) in [7, 11) is 0. The molecule has 78 valence electrons. The number of fused-ring (bicyclic) bond motifs is 1. The molecule has 2 heterocycles. The third kappa shape index (κ3) is 1.60. The number of aliphatic hydroxyl groups is 1. The molecular weight excluding hydrogens is 216 g/mol. The van der Waals surface area contributed by atoms with Crippen molar-refractivity contribution in [1.82, 2.24) is 19.5 Å². The van der Waals surface area contributed by atoms with E-state index >= 15 is 0 Å². The minimum atomic E-state index is -0.249. The second-order valence-electron chi connectivity index (χ2n) is 2.97. The van der Waals surface area contributed by atoms with Gasteiger partial charge in [-0.3, -0.25) is 0 Å². The van der Waals surface area contributed by atoms with Crippen LogP contribution in [0.15, 0.2) is 25.3 Å². The van der Waals surface area contributed by atoms with Crippen molar-refractivity contribution in [3.05, 3.63) is 30.5 Å². The van der Waals surface area contributed by atoms with Crippen LogP contribution in [0.5, 0.6) is 0 Å². The number of halogens is 1. The van der Waals surface area contributed by atoms with E-state index in [0.717, 1.165) is 0 Å². The summed E-state index contributed by atoms with van der Waals surface area (Å²) in [6, 6.07) is -0.249. The van der Waals surface area contributed by atoms with Gasteiger partial charge in [-0.1, -0.05) is 17.7 Å². The zero-order valence-electron chi connectivity index (χ0n) is 7.84. The maximum atomic E-state index is 9.13. The van der Waals surface area contributed by atoms with Crippen molar-refractivity contribution in [3.8, 4) is 0 Å². The van der Waals surface area contributed by atoms with Gasteiger partial charge < -0.3 is 9.67 Å². The van der Waals surface area contributed by atoms with Crippen molar-refractivity contribution < 1.29 is 5.11 Å². The Hall–Kier alpha value is -1.46. The van der Waals surface area contributed by atoms with Crippen LogP contribution >= 0.6 is 11.6 Å². The van der Waals surface area contributed by atoms with Gasteiger partial charge in [0.2, 0.25) is 0 Å². The number of nitrogens with zero attached hydrogens (tertiary/aromatic N) is 4. The number of aromatic nitrogens is 4. The van der Waals surface area contributed by atoms with E-state index in [4.69, 9.17) is 16.7 Å². The standard InChI is InChI=1S/C9H9ClN4O/c1-2-6(3-15)14-5-13-7-8(10)11-4-12-9(7)14/h2,4-6,15H,1,3H2/t6-/m1/s1. The lowest BCUT2D eigenvalue weighted by atomic mass is 10.3. The summed E-state index contributed by atoms with van der Waals surface area (Å²) in [5.41, 5.74) is 1.12. The Morgan fingerprint density at radius 1 is 1.53 bits per heavy atom. The van der Waals surface area contributed by atoms with Gasteiger partial charge in [-0.25, -0.2) is 15.0 Å². The highest BCUT2D eigenvalue weighted by Crippen LogP contribution is 2.20. The summed E-state index contributed by atoms with van der Waals surface area (Å²) in [6.45, 7) is 3.57. The number of imidazole rings is 1. The second kappa shape index (κ2) is 3.96. The molecule has 1 N–H and O–H groups in total. The molecule has 6 heteroatoms. The zero-order chi connectivity index (χ0) is 10.8. The van der Waals surface area contributed by atoms with Crippen molar-refractivity contribution in [3.63, 3.8) is 0 Å². The highest BCUT2D eigenvalue weighted by atomic mass is 35.5. The summed E-state index contributed by atoms with van der Waals surface area (Å²) >= 11 is 5.85. The Bertz CT molecular complexity index is 496. The molecule has 1 atom stereocenters. The van der Waals surface area contributed by atoms with Gasteiger partial charge in [-0.15, -0.1) is 6.58 Å². The van der Waals surface area contributed by atoms with E-state index in [1.165, 1.54) is 6.33 Å². The van der Waals surface area contributed by atoms with Gasteiger partial charge in [-0.05, 0) is 0 Å². The monoisotopic (exact) mass is 224 g/mol. The predicted molar refractivity (Wildman–Crippen MR) is 56.7 cm³/mol. The SMILES string of the molecule is C=C[C@H](CO)n1cnc2c(Cl)ncnc21. The smallest absolute Gasteiger partial charge is 0.165 e. The Balaban J connectivity index is 2.63. The highest BCUT2D eigenvalue weighted by molar-refractivity contribution is 6.33.